The van der Waals surface area contributed by atoms with Crippen LogP contribution >= 0.6 is 0 Å². The zero-order valence-corrected chi connectivity index (χ0v) is 17.4. The predicted octanol–water partition coefficient (Wildman–Crippen LogP) is 3.27. The summed E-state index contributed by atoms with van der Waals surface area (Å²) in [5.41, 5.74) is 1.65. The average Bonchev–Trinajstić information content (AvgIpc) is 2.73. The van der Waals surface area contributed by atoms with E-state index in [4.69, 9.17) is 9.47 Å². The van der Waals surface area contributed by atoms with E-state index in [1.165, 1.54) is 0 Å². The minimum Gasteiger partial charge on any atom is -0.495 e. The number of ether oxygens (including phenoxy) is 2. The molecule has 2 aromatic carbocycles. The minimum absolute atomic E-state index is 0.241. The fourth-order valence-corrected chi connectivity index (χ4v) is 2.80. The van der Waals surface area contributed by atoms with Crippen molar-refractivity contribution in [2.75, 3.05) is 45.0 Å². The molecule has 30 heavy (non-hydrogen) atoms. The second-order valence-corrected chi connectivity index (χ2v) is 6.97. The number of nitrogens with one attached hydrogen (secondary N) is 2. The zero-order valence-electron chi connectivity index (χ0n) is 17.4. The minimum atomic E-state index is -0.537. The van der Waals surface area contributed by atoms with Gasteiger partial charge in [0.05, 0.1) is 12.8 Å². The Morgan fingerprint density at radius 1 is 1.03 bits per heavy atom. The van der Waals surface area contributed by atoms with Crippen LogP contribution in [0, 0.1) is 0 Å². The molecule has 0 saturated heterocycles. The van der Waals surface area contributed by atoms with Crippen LogP contribution in [0.4, 0.5) is 23.1 Å². The van der Waals surface area contributed by atoms with Gasteiger partial charge in [0.2, 0.25) is 5.95 Å². The molecule has 0 aliphatic rings. The molecule has 3 aromatic rings. The molecule has 8 nitrogen and oxygen atoms in total. The molecule has 0 aliphatic heterocycles. The Hall–Kier alpha value is -3.36. The first-order valence-corrected chi connectivity index (χ1v) is 9.59. The number of likely N-dealkylation sites (N-methyl/N-ethyl adjacent to an activating group) is 1. The molecule has 0 bridgehead atoms. The molecule has 0 saturated carbocycles. The first kappa shape index (κ1) is 21.4. The van der Waals surface area contributed by atoms with Crippen LogP contribution in [-0.4, -0.2) is 60.4 Å². The van der Waals surface area contributed by atoms with Crippen molar-refractivity contribution >= 4 is 23.1 Å². The number of aliphatic hydroxyl groups excluding tert-OH is 1. The summed E-state index contributed by atoms with van der Waals surface area (Å²) in [5.74, 6) is 2.53. The molecule has 1 aromatic heterocycles. The van der Waals surface area contributed by atoms with E-state index in [0.29, 0.717) is 24.1 Å². The second-order valence-electron chi connectivity index (χ2n) is 6.97. The summed E-state index contributed by atoms with van der Waals surface area (Å²) in [4.78, 5) is 10.7. The maximum atomic E-state index is 9.89. The third-order valence-corrected chi connectivity index (χ3v) is 4.15. The summed E-state index contributed by atoms with van der Waals surface area (Å²) in [7, 11) is 5.45. The lowest BCUT2D eigenvalue weighted by molar-refractivity contribution is 0.0831. The summed E-state index contributed by atoms with van der Waals surface area (Å²) in [6.45, 7) is 0.793. The normalized spacial score (nSPS) is 11.8. The quantitative estimate of drug-likeness (QED) is 0.470. The van der Waals surface area contributed by atoms with E-state index in [1.807, 2.05) is 67.5 Å². The van der Waals surface area contributed by atoms with Gasteiger partial charge in [0.25, 0.3) is 0 Å². The van der Waals surface area contributed by atoms with E-state index in [9.17, 15) is 5.11 Å². The standard InChI is InChI=1S/C22H27N5O3/c1-27(2)14-17(28)15-30-18-10-8-16(9-11-18)24-22-23-13-12-21(26-22)25-19-6-4-5-7-20(19)29-3/h4-13,17,28H,14-15H2,1-3H3,(H2,23,24,25,26). The van der Waals surface area contributed by atoms with Crippen molar-refractivity contribution in [2.24, 2.45) is 0 Å². The summed E-state index contributed by atoms with van der Waals surface area (Å²) in [6.07, 6.45) is 1.14. The molecule has 1 unspecified atom stereocenters. The van der Waals surface area contributed by atoms with Gasteiger partial charge in [-0.05, 0) is 56.6 Å². The van der Waals surface area contributed by atoms with Crippen molar-refractivity contribution in [2.45, 2.75) is 6.10 Å². The first-order valence-electron chi connectivity index (χ1n) is 9.59. The summed E-state index contributed by atoms with van der Waals surface area (Å²) >= 11 is 0. The van der Waals surface area contributed by atoms with E-state index in [2.05, 4.69) is 20.6 Å². The van der Waals surface area contributed by atoms with Crippen molar-refractivity contribution in [1.29, 1.82) is 0 Å². The van der Waals surface area contributed by atoms with Gasteiger partial charge in [-0.25, -0.2) is 4.98 Å². The largest absolute Gasteiger partial charge is 0.495 e. The zero-order chi connectivity index (χ0) is 21.3. The van der Waals surface area contributed by atoms with Crippen LogP contribution in [0.2, 0.25) is 0 Å². The number of anilines is 4. The lowest BCUT2D eigenvalue weighted by atomic mass is 10.3. The van der Waals surface area contributed by atoms with E-state index in [0.717, 1.165) is 17.1 Å². The number of benzene rings is 2. The Bertz CT molecular complexity index is 934. The predicted molar refractivity (Wildman–Crippen MR) is 118 cm³/mol. The van der Waals surface area contributed by atoms with Crippen LogP contribution < -0.4 is 20.1 Å². The average molecular weight is 409 g/mol. The number of aliphatic hydroxyl groups is 1. The van der Waals surface area contributed by atoms with Gasteiger partial charge in [0.15, 0.2) is 0 Å². The van der Waals surface area contributed by atoms with Crippen LogP contribution in [0.3, 0.4) is 0 Å². The van der Waals surface area contributed by atoms with Gasteiger partial charge in [-0.15, -0.1) is 0 Å². The highest BCUT2D eigenvalue weighted by atomic mass is 16.5. The topological polar surface area (TPSA) is 91.8 Å². The Morgan fingerprint density at radius 2 is 1.80 bits per heavy atom. The summed E-state index contributed by atoms with van der Waals surface area (Å²) in [5, 5.41) is 16.3. The summed E-state index contributed by atoms with van der Waals surface area (Å²) < 4.78 is 11.0. The van der Waals surface area contributed by atoms with E-state index >= 15 is 0 Å². The lowest BCUT2D eigenvalue weighted by Gasteiger charge is -2.16. The highest BCUT2D eigenvalue weighted by Crippen LogP contribution is 2.26. The van der Waals surface area contributed by atoms with E-state index < -0.39 is 6.10 Å². The fourth-order valence-electron chi connectivity index (χ4n) is 2.80. The molecule has 1 heterocycles. The number of aromatic nitrogens is 2. The van der Waals surface area contributed by atoms with E-state index in [1.54, 1.807) is 19.4 Å². The molecule has 3 rings (SSSR count). The Morgan fingerprint density at radius 3 is 2.53 bits per heavy atom. The van der Waals surface area contributed by atoms with Crippen LogP contribution in [0.25, 0.3) is 0 Å². The summed E-state index contributed by atoms with van der Waals surface area (Å²) in [6, 6.07) is 16.8. The number of hydrogen-bond acceptors (Lipinski definition) is 8. The van der Waals surface area contributed by atoms with Crippen molar-refractivity contribution in [3.63, 3.8) is 0 Å². The van der Waals surface area contributed by atoms with Crippen LogP contribution in [-0.2, 0) is 0 Å². The van der Waals surface area contributed by atoms with Crippen molar-refractivity contribution < 1.29 is 14.6 Å². The van der Waals surface area contributed by atoms with E-state index in [-0.39, 0.29) is 6.61 Å². The number of methoxy groups -OCH3 is 1. The molecular formula is C22H27N5O3. The van der Waals surface area contributed by atoms with Gasteiger partial charge >= 0.3 is 0 Å². The molecule has 0 fully saturated rings. The Balaban J connectivity index is 1.59. The lowest BCUT2D eigenvalue weighted by Crippen LogP contribution is -2.30. The SMILES string of the molecule is COc1ccccc1Nc1ccnc(Nc2ccc(OCC(O)CN(C)C)cc2)n1. The van der Waals surface area contributed by atoms with Gasteiger partial charge in [-0.2, -0.15) is 4.98 Å². The highest BCUT2D eigenvalue weighted by Gasteiger charge is 2.07. The highest BCUT2D eigenvalue weighted by molar-refractivity contribution is 5.65. The first-order chi connectivity index (χ1) is 14.5. The molecule has 1 atom stereocenters. The van der Waals surface area contributed by atoms with Crippen LogP contribution in [0.1, 0.15) is 0 Å². The van der Waals surface area contributed by atoms with Gasteiger partial charge in [-0.3, -0.25) is 0 Å². The molecule has 0 aliphatic carbocycles. The monoisotopic (exact) mass is 409 g/mol. The number of hydrogen-bond donors (Lipinski definition) is 3. The third kappa shape index (κ3) is 6.33. The smallest absolute Gasteiger partial charge is 0.229 e. The second kappa shape index (κ2) is 10.4. The number of nitrogens with zero attached hydrogens (tertiary/aromatic N) is 3. The van der Waals surface area contributed by atoms with Crippen LogP contribution in [0.5, 0.6) is 11.5 Å². The molecule has 158 valence electrons. The van der Waals surface area contributed by atoms with Crippen molar-refractivity contribution in [3.05, 3.63) is 60.8 Å². The van der Waals surface area contributed by atoms with Gasteiger partial charge in [0, 0.05) is 18.4 Å². The third-order valence-electron chi connectivity index (χ3n) is 4.15. The maximum Gasteiger partial charge on any atom is 0.229 e. The molecule has 0 amide bonds. The molecule has 3 N–H and O–H groups in total. The van der Waals surface area contributed by atoms with Gasteiger partial charge in [0.1, 0.15) is 30.0 Å². The van der Waals surface area contributed by atoms with Gasteiger partial charge < -0.3 is 30.1 Å². The van der Waals surface area contributed by atoms with Crippen LogP contribution in [0.15, 0.2) is 60.8 Å². The number of rotatable bonds is 10. The number of para-hydroxylation sites is 2. The fraction of sp³-hybridized carbons (Fsp3) is 0.273. The van der Waals surface area contributed by atoms with Crippen molar-refractivity contribution in [1.82, 2.24) is 14.9 Å². The maximum absolute atomic E-state index is 9.89. The Labute approximate surface area is 176 Å². The molecule has 8 heteroatoms. The van der Waals surface area contributed by atoms with Crippen molar-refractivity contribution in [3.8, 4) is 11.5 Å². The molecule has 0 spiro atoms. The molecule has 0 radical (unpaired) electrons. The molecular weight excluding hydrogens is 382 g/mol. The Kier molecular flexibility index (Phi) is 7.42. The van der Waals surface area contributed by atoms with Gasteiger partial charge in [-0.1, -0.05) is 12.1 Å².